The second-order valence-electron chi connectivity index (χ2n) is 14.7. The molecule has 3 nitrogen and oxygen atoms in total. The van der Waals surface area contributed by atoms with Gasteiger partial charge in [0.2, 0.25) is 0 Å². The molecule has 1 aromatic rings. The summed E-state index contributed by atoms with van der Waals surface area (Å²) in [5.41, 5.74) is 3.22. The zero-order valence-electron chi connectivity index (χ0n) is 31.5. The van der Waals surface area contributed by atoms with E-state index in [2.05, 4.69) is 72.7 Å². The Hall–Kier alpha value is -0.470. The summed E-state index contributed by atoms with van der Waals surface area (Å²) in [6.45, 7) is 17.1. The van der Waals surface area contributed by atoms with Gasteiger partial charge in [-0.15, -0.1) is 0 Å². The van der Waals surface area contributed by atoms with Gasteiger partial charge in [-0.3, -0.25) is 0 Å². The summed E-state index contributed by atoms with van der Waals surface area (Å²) in [6.07, 6.45) is 31.9. The molecule has 266 valence electrons. The molecular formula is C41H79O3P. The van der Waals surface area contributed by atoms with Crippen LogP contribution in [-0.4, -0.2) is 18.1 Å². The second-order valence-corrected chi connectivity index (χ2v) is 15.7. The lowest BCUT2D eigenvalue weighted by molar-refractivity contribution is 0.173. The average molecular weight is 651 g/mol. The van der Waals surface area contributed by atoms with Crippen molar-refractivity contribution in [3.63, 3.8) is 0 Å². The van der Waals surface area contributed by atoms with Crippen LogP contribution >= 0.6 is 8.60 Å². The number of rotatable bonds is 29. The van der Waals surface area contributed by atoms with Gasteiger partial charge in [0.1, 0.15) is 0 Å². The highest BCUT2D eigenvalue weighted by molar-refractivity contribution is 7.40. The van der Waals surface area contributed by atoms with Crippen LogP contribution in [0.1, 0.15) is 207 Å². The smallest absolute Gasteiger partial charge is 0.328 e. The fraction of sp³-hybridized carbons (Fsp3) is 0.854. The molecule has 0 spiro atoms. The Bertz CT molecular complexity index is 732. The van der Waals surface area contributed by atoms with Gasteiger partial charge >= 0.3 is 8.60 Å². The number of benzene rings is 1. The van der Waals surface area contributed by atoms with Gasteiger partial charge in [-0.25, -0.2) is 0 Å². The molecule has 1 rings (SSSR count). The minimum atomic E-state index is -1.68. The highest BCUT2D eigenvalue weighted by Crippen LogP contribution is 2.34. The van der Waals surface area contributed by atoms with E-state index in [0.717, 1.165) is 6.42 Å². The van der Waals surface area contributed by atoms with Crippen molar-refractivity contribution >= 4 is 8.60 Å². The normalized spacial score (nSPS) is 13.0. The molecule has 0 aliphatic carbocycles. The minimum absolute atomic E-state index is 0.280. The maximum absolute atomic E-state index is 9.91. The lowest BCUT2D eigenvalue weighted by Crippen LogP contribution is -2.11. The molecule has 0 aromatic heterocycles. The highest BCUT2D eigenvalue weighted by atomic mass is 31.2. The van der Waals surface area contributed by atoms with Crippen molar-refractivity contribution in [3.05, 3.63) is 35.4 Å². The quantitative estimate of drug-likeness (QED) is 0.0692. The molecule has 1 aromatic carbocycles. The third-order valence-electron chi connectivity index (χ3n) is 8.83. The highest BCUT2D eigenvalue weighted by Gasteiger charge is 2.13. The molecule has 4 heteroatoms. The minimum Gasteiger partial charge on any atom is -0.328 e. The summed E-state index contributed by atoms with van der Waals surface area (Å²) in [7, 11) is -1.68. The Labute approximate surface area is 284 Å². The molecule has 1 N–H and O–H groups in total. The van der Waals surface area contributed by atoms with Crippen LogP contribution in [0.4, 0.5) is 0 Å². The van der Waals surface area contributed by atoms with Crippen LogP contribution in [0.25, 0.3) is 0 Å². The Kier molecular flexibility index (Phi) is 31.8. The van der Waals surface area contributed by atoms with Crippen LogP contribution < -0.4 is 0 Å². The molecule has 0 saturated heterocycles. The Morgan fingerprint density at radius 2 is 1.09 bits per heavy atom. The first-order chi connectivity index (χ1) is 21.7. The first kappa shape index (κ1) is 44.5. The molecule has 0 amide bonds. The van der Waals surface area contributed by atoms with Gasteiger partial charge < -0.3 is 13.9 Å². The summed E-state index contributed by atoms with van der Waals surface area (Å²) in [4.78, 5) is 9.91. The summed E-state index contributed by atoms with van der Waals surface area (Å²) in [5, 5.41) is 0. The first-order valence-electron chi connectivity index (χ1n) is 19.6. The van der Waals surface area contributed by atoms with E-state index in [4.69, 9.17) is 9.05 Å². The monoisotopic (exact) mass is 651 g/mol. The zero-order chi connectivity index (χ0) is 33.4. The molecule has 0 aliphatic rings. The van der Waals surface area contributed by atoms with E-state index in [1.54, 1.807) is 0 Å². The predicted octanol–water partition coefficient (Wildman–Crippen LogP) is 14.4. The molecule has 2 unspecified atom stereocenters. The number of aryl methyl sites for hydroxylation is 1. The van der Waals surface area contributed by atoms with Crippen molar-refractivity contribution in [1.29, 1.82) is 0 Å². The standard InChI is InChI=1S/C27H57O3P.C14H22/c1-4-6-8-10-12-14-15-17-19-21-23-25-29-31(28)30-26-27(3)24-22-20-18-16-13-11-9-7-5-2;1-5-6-8-12-9-7-10-13(11-12)14(2,3)4/h27-28H,4-26H2,1-3H3;7,9-11H,5-6,8H2,1-4H3. The van der Waals surface area contributed by atoms with Gasteiger partial charge in [-0.05, 0) is 48.1 Å². The molecule has 0 saturated carbocycles. The maximum atomic E-state index is 9.91. The van der Waals surface area contributed by atoms with Crippen molar-refractivity contribution in [2.24, 2.45) is 5.92 Å². The van der Waals surface area contributed by atoms with Gasteiger partial charge in [0.25, 0.3) is 0 Å². The first-order valence-corrected chi connectivity index (χ1v) is 20.7. The fourth-order valence-electron chi connectivity index (χ4n) is 5.60. The number of hydrogen-bond donors (Lipinski definition) is 1. The third kappa shape index (κ3) is 30.6. The molecular weight excluding hydrogens is 571 g/mol. The molecule has 0 bridgehead atoms. The van der Waals surface area contributed by atoms with Crippen LogP contribution in [0, 0.1) is 5.92 Å². The molecule has 0 aliphatic heterocycles. The van der Waals surface area contributed by atoms with Crippen molar-refractivity contribution in [1.82, 2.24) is 0 Å². The SMILES string of the molecule is CCCCCCCCCCCCCOP(O)OCC(C)CCCCCCCCCCC.CCCCc1cccc(C(C)(C)C)c1. The van der Waals surface area contributed by atoms with Gasteiger partial charge in [0.05, 0.1) is 13.2 Å². The van der Waals surface area contributed by atoms with Gasteiger partial charge in [-0.1, -0.05) is 201 Å². The molecule has 2 atom stereocenters. The average Bonchev–Trinajstić information content (AvgIpc) is 3.02. The van der Waals surface area contributed by atoms with Crippen LogP contribution in [0.5, 0.6) is 0 Å². The van der Waals surface area contributed by atoms with Crippen LogP contribution in [-0.2, 0) is 20.9 Å². The molecule has 0 fully saturated rings. The van der Waals surface area contributed by atoms with Crippen molar-refractivity contribution < 1.29 is 13.9 Å². The third-order valence-corrected chi connectivity index (χ3v) is 9.61. The van der Waals surface area contributed by atoms with Crippen molar-refractivity contribution in [3.8, 4) is 0 Å². The number of unbranched alkanes of at least 4 members (excludes halogenated alkanes) is 19. The topological polar surface area (TPSA) is 38.7 Å². The molecule has 0 heterocycles. The van der Waals surface area contributed by atoms with E-state index in [-0.39, 0.29) is 5.41 Å². The maximum Gasteiger partial charge on any atom is 0.329 e. The van der Waals surface area contributed by atoms with Crippen LogP contribution in [0.2, 0.25) is 0 Å². The van der Waals surface area contributed by atoms with Gasteiger partial charge in [0.15, 0.2) is 0 Å². The molecule has 45 heavy (non-hydrogen) atoms. The van der Waals surface area contributed by atoms with E-state index in [1.807, 2.05) is 0 Å². The van der Waals surface area contributed by atoms with Crippen LogP contribution in [0.3, 0.4) is 0 Å². The number of hydrogen-bond acceptors (Lipinski definition) is 3. The summed E-state index contributed by atoms with van der Waals surface area (Å²) < 4.78 is 11.0. The summed E-state index contributed by atoms with van der Waals surface area (Å²) in [5.74, 6) is 0.507. The van der Waals surface area contributed by atoms with Crippen molar-refractivity contribution in [2.45, 2.75) is 208 Å². The van der Waals surface area contributed by atoms with Gasteiger partial charge in [-0.2, -0.15) is 0 Å². The van der Waals surface area contributed by atoms with E-state index in [1.165, 1.54) is 159 Å². The fourth-order valence-corrected chi connectivity index (χ4v) is 6.34. The largest absolute Gasteiger partial charge is 0.329 e. The van der Waals surface area contributed by atoms with E-state index < -0.39 is 8.60 Å². The Balaban J connectivity index is 0.00000114. The lowest BCUT2D eigenvalue weighted by Gasteiger charge is -2.19. The van der Waals surface area contributed by atoms with Crippen molar-refractivity contribution in [2.75, 3.05) is 13.2 Å². The van der Waals surface area contributed by atoms with E-state index >= 15 is 0 Å². The molecule has 0 radical (unpaired) electrons. The second kappa shape index (κ2) is 32.1. The van der Waals surface area contributed by atoms with Gasteiger partial charge in [0, 0.05) is 0 Å². The van der Waals surface area contributed by atoms with Crippen LogP contribution in [0.15, 0.2) is 24.3 Å². The predicted molar refractivity (Wildman–Crippen MR) is 202 cm³/mol. The zero-order valence-corrected chi connectivity index (χ0v) is 32.4. The Morgan fingerprint density at radius 1 is 0.622 bits per heavy atom. The summed E-state index contributed by atoms with van der Waals surface area (Å²) in [6, 6.07) is 9.02. The Morgan fingerprint density at radius 3 is 1.58 bits per heavy atom. The lowest BCUT2D eigenvalue weighted by atomic mass is 9.86. The van der Waals surface area contributed by atoms with E-state index in [9.17, 15) is 4.89 Å². The summed E-state index contributed by atoms with van der Waals surface area (Å²) >= 11 is 0. The van der Waals surface area contributed by atoms with E-state index in [0.29, 0.717) is 19.1 Å².